The van der Waals surface area contributed by atoms with Crippen molar-refractivity contribution in [2.75, 3.05) is 17.2 Å². The Balaban J connectivity index is 1.66. The molecule has 3 aromatic carbocycles. The highest BCUT2D eigenvalue weighted by Gasteiger charge is 2.15. The number of nitro groups is 1. The molecule has 3 rings (SSSR count). The SMILES string of the molecule is CCOc1ccc(NC(=O)c2ccc(NC(=O)c3cc([N+](=O)[O-])ccc3C)cc2)cc1. The van der Waals surface area contributed by atoms with Crippen LogP contribution in [0.1, 0.15) is 33.2 Å². The van der Waals surface area contributed by atoms with E-state index in [-0.39, 0.29) is 17.2 Å². The number of non-ortho nitro benzene ring substituents is 1. The molecule has 2 amide bonds. The molecule has 0 unspecified atom stereocenters. The Labute approximate surface area is 179 Å². The molecule has 0 fully saturated rings. The second kappa shape index (κ2) is 9.53. The first-order chi connectivity index (χ1) is 14.9. The van der Waals surface area contributed by atoms with E-state index in [9.17, 15) is 19.7 Å². The molecular formula is C23H21N3O5. The Morgan fingerprint density at radius 3 is 2.06 bits per heavy atom. The summed E-state index contributed by atoms with van der Waals surface area (Å²) < 4.78 is 5.37. The normalized spacial score (nSPS) is 10.3. The van der Waals surface area contributed by atoms with E-state index in [1.165, 1.54) is 18.2 Å². The second-order valence-electron chi connectivity index (χ2n) is 6.70. The molecule has 0 heterocycles. The average molecular weight is 419 g/mol. The minimum absolute atomic E-state index is 0.156. The van der Waals surface area contributed by atoms with Gasteiger partial charge in [0.1, 0.15) is 5.75 Å². The molecule has 0 spiro atoms. The standard InChI is InChI=1S/C23H21N3O5/c1-3-31-20-12-9-18(10-13-20)24-22(27)16-5-7-17(8-6-16)25-23(28)21-14-19(26(29)30)11-4-15(21)2/h4-14H,3H2,1-2H3,(H,24,27)(H,25,28). The van der Waals surface area contributed by atoms with Gasteiger partial charge in [0.25, 0.3) is 17.5 Å². The fourth-order valence-electron chi connectivity index (χ4n) is 2.88. The number of amides is 2. The van der Waals surface area contributed by atoms with Gasteiger partial charge in [0.05, 0.1) is 11.5 Å². The van der Waals surface area contributed by atoms with Gasteiger partial charge in [0.2, 0.25) is 0 Å². The first-order valence-corrected chi connectivity index (χ1v) is 9.58. The zero-order valence-corrected chi connectivity index (χ0v) is 17.0. The fourth-order valence-corrected chi connectivity index (χ4v) is 2.88. The van der Waals surface area contributed by atoms with Crippen LogP contribution in [-0.2, 0) is 0 Å². The minimum Gasteiger partial charge on any atom is -0.494 e. The van der Waals surface area contributed by atoms with Crippen LogP contribution in [0.15, 0.2) is 66.7 Å². The van der Waals surface area contributed by atoms with Crippen LogP contribution in [0, 0.1) is 17.0 Å². The van der Waals surface area contributed by atoms with Crippen LogP contribution in [0.25, 0.3) is 0 Å². The molecule has 0 atom stereocenters. The zero-order valence-electron chi connectivity index (χ0n) is 17.0. The first kappa shape index (κ1) is 21.5. The number of nitro benzene ring substituents is 1. The number of nitrogens with zero attached hydrogens (tertiary/aromatic N) is 1. The number of hydrogen-bond donors (Lipinski definition) is 2. The maximum atomic E-state index is 12.5. The maximum Gasteiger partial charge on any atom is 0.270 e. The fraction of sp³-hybridized carbons (Fsp3) is 0.130. The summed E-state index contributed by atoms with van der Waals surface area (Å²) in [5.74, 6) is -0.0380. The van der Waals surface area contributed by atoms with Crippen molar-refractivity contribution in [3.8, 4) is 5.75 Å². The molecule has 31 heavy (non-hydrogen) atoms. The Bertz CT molecular complexity index is 1110. The van der Waals surface area contributed by atoms with E-state index in [2.05, 4.69) is 10.6 Å². The number of aryl methyl sites for hydroxylation is 1. The quantitative estimate of drug-likeness (QED) is 0.422. The molecule has 0 saturated carbocycles. The van der Waals surface area contributed by atoms with Gasteiger partial charge >= 0.3 is 0 Å². The van der Waals surface area contributed by atoms with Crippen molar-refractivity contribution in [3.05, 3.63) is 93.5 Å². The lowest BCUT2D eigenvalue weighted by Gasteiger charge is -2.09. The minimum atomic E-state index is -0.548. The Morgan fingerprint density at radius 2 is 1.48 bits per heavy atom. The van der Waals surface area contributed by atoms with Crippen LogP contribution < -0.4 is 15.4 Å². The van der Waals surface area contributed by atoms with Crippen molar-refractivity contribution in [2.24, 2.45) is 0 Å². The summed E-state index contributed by atoms with van der Waals surface area (Å²) in [6.07, 6.45) is 0. The predicted molar refractivity (Wildman–Crippen MR) is 118 cm³/mol. The molecule has 3 aromatic rings. The summed E-state index contributed by atoms with van der Waals surface area (Å²) in [4.78, 5) is 35.4. The van der Waals surface area contributed by atoms with Crippen LogP contribution in [0.3, 0.4) is 0 Å². The lowest BCUT2D eigenvalue weighted by Crippen LogP contribution is -2.15. The summed E-state index contributed by atoms with van der Waals surface area (Å²) in [6, 6.07) is 17.5. The number of hydrogen-bond acceptors (Lipinski definition) is 5. The van der Waals surface area contributed by atoms with Gasteiger partial charge in [-0.05, 0) is 67.9 Å². The van der Waals surface area contributed by atoms with Gasteiger partial charge in [-0.2, -0.15) is 0 Å². The van der Waals surface area contributed by atoms with E-state index < -0.39 is 10.8 Å². The van der Waals surface area contributed by atoms with Crippen molar-refractivity contribution in [1.29, 1.82) is 0 Å². The lowest BCUT2D eigenvalue weighted by atomic mass is 10.1. The third-order valence-corrected chi connectivity index (χ3v) is 4.50. The molecule has 0 saturated heterocycles. The Kier molecular flexibility index (Phi) is 6.61. The van der Waals surface area contributed by atoms with Gasteiger partial charge in [0.15, 0.2) is 0 Å². The molecule has 0 aliphatic heterocycles. The molecule has 158 valence electrons. The number of anilines is 2. The number of nitrogens with one attached hydrogen (secondary N) is 2. The summed E-state index contributed by atoms with van der Waals surface area (Å²) in [7, 11) is 0. The van der Waals surface area contributed by atoms with Gasteiger partial charge in [0, 0.05) is 34.6 Å². The highest BCUT2D eigenvalue weighted by Crippen LogP contribution is 2.20. The topological polar surface area (TPSA) is 111 Å². The largest absolute Gasteiger partial charge is 0.494 e. The number of carbonyl (C=O) groups is 2. The smallest absolute Gasteiger partial charge is 0.270 e. The Morgan fingerprint density at radius 1 is 0.903 bits per heavy atom. The van der Waals surface area contributed by atoms with Gasteiger partial charge < -0.3 is 15.4 Å². The van der Waals surface area contributed by atoms with Gasteiger partial charge in [-0.1, -0.05) is 6.07 Å². The molecule has 8 nitrogen and oxygen atoms in total. The van der Waals surface area contributed by atoms with Crippen LogP contribution in [0.4, 0.5) is 17.1 Å². The maximum absolute atomic E-state index is 12.5. The monoisotopic (exact) mass is 419 g/mol. The van der Waals surface area contributed by atoms with E-state index >= 15 is 0 Å². The molecule has 0 aromatic heterocycles. The highest BCUT2D eigenvalue weighted by molar-refractivity contribution is 6.07. The van der Waals surface area contributed by atoms with Crippen molar-refractivity contribution >= 4 is 28.9 Å². The van der Waals surface area contributed by atoms with Gasteiger partial charge in [-0.25, -0.2) is 0 Å². The summed E-state index contributed by atoms with van der Waals surface area (Å²) in [6.45, 7) is 4.16. The van der Waals surface area contributed by atoms with Crippen molar-refractivity contribution in [3.63, 3.8) is 0 Å². The van der Waals surface area contributed by atoms with E-state index in [0.717, 1.165) is 5.75 Å². The van der Waals surface area contributed by atoms with E-state index in [1.54, 1.807) is 55.5 Å². The molecule has 2 N–H and O–H groups in total. The average Bonchev–Trinajstić information content (AvgIpc) is 2.76. The first-order valence-electron chi connectivity index (χ1n) is 9.58. The molecule has 0 aliphatic carbocycles. The third kappa shape index (κ3) is 5.45. The van der Waals surface area contributed by atoms with Crippen molar-refractivity contribution < 1.29 is 19.2 Å². The second-order valence-corrected chi connectivity index (χ2v) is 6.70. The van der Waals surface area contributed by atoms with Gasteiger partial charge in [-0.3, -0.25) is 19.7 Å². The summed E-state index contributed by atoms with van der Waals surface area (Å²) in [5, 5.41) is 16.4. The molecule has 8 heteroatoms. The number of benzene rings is 3. The van der Waals surface area contributed by atoms with Crippen LogP contribution in [0.5, 0.6) is 5.75 Å². The highest BCUT2D eigenvalue weighted by atomic mass is 16.6. The summed E-state index contributed by atoms with van der Waals surface area (Å²) in [5.41, 5.74) is 2.19. The lowest BCUT2D eigenvalue weighted by molar-refractivity contribution is -0.384. The molecule has 0 bridgehead atoms. The molecular weight excluding hydrogens is 398 g/mol. The molecule has 0 radical (unpaired) electrons. The third-order valence-electron chi connectivity index (χ3n) is 4.50. The van der Waals surface area contributed by atoms with Crippen LogP contribution >= 0.6 is 0 Å². The predicted octanol–water partition coefficient (Wildman–Crippen LogP) is 4.81. The zero-order chi connectivity index (χ0) is 22.4. The number of rotatable bonds is 7. The van der Waals surface area contributed by atoms with Gasteiger partial charge in [-0.15, -0.1) is 0 Å². The Hall–Kier alpha value is -4.20. The molecule has 0 aliphatic rings. The summed E-state index contributed by atoms with van der Waals surface area (Å²) >= 11 is 0. The van der Waals surface area contributed by atoms with E-state index in [1.807, 2.05) is 6.92 Å². The van der Waals surface area contributed by atoms with Crippen LogP contribution in [0.2, 0.25) is 0 Å². The van der Waals surface area contributed by atoms with Crippen LogP contribution in [-0.4, -0.2) is 23.3 Å². The van der Waals surface area contributed by atoms with E-state index in [4.69, 9.17) is 4.74 Å². The number of ether oxygens (including phenoxy) is 1. The van der Waals surface area contributed by atoms with E-state index in [0.29, 0.717) is 29.1 Å². The number of carbonyl (C=O) groups excluding carboxylic acids is 2. The van der Waals surface area contributed by atoms with Crippen molar-refractivity contribution in [2.45, 2.75) is 13.8 Å². The van der Waals surface area contributed by atoms with Crippen molar-refractivity contribution in [1.82, 2.24) is 0 Å².